The first kappa shape index (κ1) is 23.9. The number of aryl methyl sites for hydroxylation is 2. The van der Waals surface area contributed by atoms with Crippen LogP contribution in [0.2, 0.25) is 0 Å². The van der Waals surface area contributed by atoms with Gasteiger partial charge in [-0.1, -0.05) is 12.1 Å². The van der Waals surface area contributed by atoms with Crippen LogP contribution in [-0.4, -0.2) is 70.6 Å². The van der Waals surface area contributed by atoms with E-state index in [-0.39, 0.29) is 17.2 Å². The van der Waals surface area contributed by atoms with Crippen LogP contribution >= 0.6 is 0 Å². The third-order valence-corrected chi connectivity index (χ3v) is 8.22. The van der Waals surface area contributed by atoms with E-state index < -0.39 is 15.1 Å². The van der Waals surface area contributed by atoms with Crippen molar-refractivity contribution in [2.24, 2.45) is 0 Å². The summed E-state index contributed by atoms with van der Waals surface area (Å²) < 4.78 is 26.3. The van der Waals surface area contributed by atoms with E-state index in [2.05, 4.69) is 20.2 Å². The molecule has 1 aliphatic heterocycles. The summed E-state index contributed by atoms with van der Waals surface area (Å²) in [6, 6.07) is 12.5. The van der Waals surface area contributed by atoms with Crippen LogP contribution < -0.4 is 4.90 Å². The summed E-state index contributed by atoms with van der Waals surface area (Å²) in [5, 5.41) is 12.7. The summed E-state index contributed by atoms with van der Waals surface area (Å²) in [6.45, 7) is 9.78. The number of hydrogen-bond donors (Lipinski definition) is 0. The average molecular weight is 483 g/mol. The van der Waals surface area contributed by atoms with Gasteiger partial charge in [-0.25, -0.2) is 13.1 Å². The van der Waals surface area contributed by atoms with Gasteiger partial charge in [-0.3, -0.25) is 4.79 Å². The Morgan fingerprint density at radius 2 is 1.56 bits per heavy atom. The molecule has 2 aromatic heterocycles. The number of benzene rings is 1. The van der Waals surface area contributed by atoms with Crippen molar-refractivity contribution in [3.8, 4) is 5.82 Å². The highest BCUT2D eigenvalue weighted by atomic mass is 32.2. The van der Waals surface area contributed by atoms with Crippen LogP contribution in [0.3, 0.4) is 0 Å². The van der Waals surface area contributed by atoms with Crippen molar-refractivity contribution in [1.82, 2.24) is 24.9 Å². The molecule has 0 N–H and O–H groups in total. The molecule has 0 atom stereocenters. The minimum absolute atomic E-state index is 0.0325. The topological polar surface area (TPSA) is 101 Å². The Morgan fingerprint density at radius 3 is 2.09 bits per heavy atom. The van der Waals surface area contributed by atoms with Gasteiger partial charge >= 0.3 is 0 Å². The van der Waals surface area contributed by atoms with E-state index in [9.17, 15) is 13.2 Å². The summed E-state index contributed by atoms with van der Waals surface area (Å²) in [5.41, 5.74) is 2.74. The van der Waals surface area contributed by atoms with Gasteiger partial charge in [0.1, 0.15) is 0 Å². The van der Waals surface area contributed by atoms with Crippen molar-refractivity contribution in [3.05, 3.63) is 59.4 Å². The van der Waals surface area contributed by atoms with Gasteiger partial charge in [0.15, 0.2) is 21.5 Å². The molecule has 1 fully saturated rings. The third-order valence-electron chi connectivity index (χ3n) is 6.05. The fraction of sp³-hybridized carbons (Fsp3) is 0.417. The van der Waals surface area contributed by atoms with Gasteiger partial charge in [-0.15, -0.1) is 10.2 Å². The molecule has 34 heavy (non-hydrogen) atoms. The van der Waals surface area contributed by atoms with Crippen LogP contribution in [0, 0.1) is 13.8 Å². The van der Waals surface area contributed by atoms with E-state index in [4.69, 9.17) is 0 Å². The minimum atomic E-state index is -3.31. The number of carbonyl (C=O) groups is 1. The third kappa shape index (κ3) is 4.96. The Kier molecular flexibility index (Phi) is 6.70. The molecule has 10 heteroatoms. The van der Waals surface area contributed by atoms with Crippen LogP contribution in [0.25, 0.3) is 5.82 Å². The highest BCUT2D eigenvalue weighted by molar-refractivity contribution is 7.92. The fourth-order valence-electron chi connectivity index (χ4n) is 4.00. The zero-order valence-electron chi connectivity index (χ0n) is 20.0. The van der Waals surface area contributed by atoms with Gasteiger partial charge in [0.05, 0.1) is 22.3 Å². The van der Waals surface area contributed by atoms with Crippen LogP contribution in [0.4, 0.5) is 5.82 Å². The molecular weight excluding hydrogens is 452 g/mol. The first-order chi connectivity index (χ1) is 16.1. The van der Waals surface area contributed by atoms with Gasteiger partial charge in [0.2, 0.25) is 5.91 Å². The van der Waals surface area contributed by atoms with Gasteiger partial charge in [-0.05, 0) is 63.6 Å². The Labute approximate surface area is 200 Å². The van der Waals surface area contributed by atoms with Crippen molar-refractivity contribution in [1.29, 1.82) is 0 Å². The second-order valence-electron chi connectivity index (χ2n) is 8.87. The largest absolute Gasteiger partial charge is 0.352 e. The number of anilines is 1. The summed E-state index contributed by atoms with van der Waals surface area (Å²) >= 11 is 0. The molecule has 0 radical (unpaired) electrons. The Morgan fingerprint density at radius 1 is 0.941 bits per heavy atom. The monoisotopic (exact) mass is 482 g/mol. The predicted molar refractivity (Wildman–Crippen MR) is 130 cm³/mol. The first-order valence-electron chi connectivity index (χ1n) is 11.4. The van der Waals surface area contributed by atoms with Gasteiger partial charge in [0, 0.05) is 31.9 Å². The number of sulfone groups is 1. The minimum Gasteiger partial charge on any atom is -0.352 e. The molecule has 1 aliphatic rings. The molecule has 4 rings (SSSR count). The van der Waals surface area contributed by atoms with Crippen molar-refractivity contribution >= 4 is 21.6 Å². The standard InChI is InChI=1S/C24H30N6O3S/c1-17(2)34(32,33)21-7-5-20(6-8-21)16-24(31)29-13-11-28(12-14-29)22-9-10-23(26-25-22)30-19(4)15-18(3)27-30/h5-10,15,17H,11-14,16H2,1-4H3. The van der Waals surface area contributed by atoms with Crippen molar-refractivity contribution in [2.75, 3.05) is 31.1 Å². The maximum absolute atomic E-state index is 12.8. The molecule has 0 unspecified atom stereocenters. The number of rotatable bonds is 6. The molecule has 0 spiro atoms. The molecule has 1 saturated heterocycles. The molecule has 3 heterocycles. The Bertz CT molecular complexity index is 1260. The SMILES string of the molecule is Cc1cc(C)n(-c2ccc(N3CCN(C(=O)Cc4ccc(S(=O)(=O)C(C)C)cc4)CC3)nn2)n1. The second kappa shape index (κ2) is 9.54. The number of hydrogen-bond acceptors (Lipinski definition) is 7. The zero-order valence-corrected chi connectivity index (χ0v) is 20.8. The van der Waals surface area contributed by atoms with Crippen molar-refractivity contribution in [2.45, 2.75) is 44.3 Å². The number of aromatic nitrogens is 4. The van der Waals surface area contributed by atoms with E-state index in [1.54, 1.807) is 42.8 Å². The van der Waals surface area contributed by atoms with Gasteiger partial charge in [0.25, 0.3) is 0 Å². The lowest BCUT2D eigenvalue weighted by atomic mass is 10.1. The lowest BCUT2D eigenvalue weighted by Gasteiger charge is -2.35. The molecular formula is C24H30N6O3S. The van der Waals surface area contributed by atoms with Crippen LogP contribution in [0.15, 0.2) is 47.4 Å². The zero-order chi connectivity index (χ0) is 24.5. The highest BCUT2D eigenvalue weighted by Gasteiger charge is 2.23. The van der Waals surface area contributed by atoms with E-state index in [0.29, 0.717) is 32.0 Å². The summed E-state index contributed by atoms with van der Waals surface area (Å²) in [4.78, 5) is 17.0. The molecule has 1 amide bonds. The fourth-order valence-corrected chi connectivity index (χ4v) is 5.06. The number of carbonyl (C=O) groups excluding carboxylic acids is 1. The van der Waals surface area contributed by atoms with Crippen molar-refractivity contribution in [3.63, 3.8) is 0 Å². The lowest BCUT2D eigenvalue weighted by Crippen LogP contribution is -2.49. The lowest BCUT2D eigenvalue weighted by molar-refractivity contribution is -0.130. The maximum Gasteiger partial charge on any atom is 0.227 e. The second-order valence-corrected chi connectivity index (χ2v) is 11.4. The number of amides is 1. The summed E-state index contributed by atoms with van der Waals surface area (Å²) in [5.74, 6) is 1.49. The van der Waals surface area contributed by atoms with Gasteiger partial charge < -0.3 is 9.80 Å². The quantitative estimate of drug-likeness (QED) is 0.531. The molecule has 1 aromatic carbocycles. The number of nitrogens with zero attached hydrogens (tertiary/aromatic N) is 6. The van der Waals surface area contributed by atoms with Crippen molar-refractivity contribution < 1.29 is 13.2 Å². The molecule has 9 nitrogen and oxygen atoms in total. The average Bonchev–Trinajstić information content (AvgIpc) is 3.17. The normalized spacial score (nSPS) is 14.6. The van der Waals surface area contributed by atoms with E-state index in [1.165, 1.54) is 0 Å². The van der Waals surface area contributed by atoms with E-state index in [1.807, 2.05) is 36.9 Å². The first-order valence-corrected chi connectivity index (χ1v) is 12.9. The maximum atomic E-state index is 12.8. The van der Waals surface area contributed by atoms with Crippen LogP contribution in [-0.2, 0) is 21.1 Å². The summed E-state index contributed by atoms with van der Waals surface area (Å²) in [7, 11) is -3.31. The molecule has 0 bridgehead atoms. The Hall–Kier alpha value is -3.27. The van der Waals surface area contributed by atoms with E-state index in [0.717, 1.165) is 22.8 Å². The smallest absolute Gasteiger partial charge is 0.227 e. The highest BCUT2D eigenvalue weighted by Crippen LogP contribution is 2.18. The Balaban J connectivity index is 1.33. The molecule has 3 aromatic rings. The summed E-state index contributed by atoms with van der Waals surface area (Å²) in [6.07, 6.45) is 0.249. The van der Waals surface area contributed by atoms with Crippen LogP contribution in [0.1, 0.15) is 30.8 Å². The van der Waals surface area contributed by atoms with Gasteiger partial charge in [-0.2, -0.15) is 5.10 Å². The molecule has 0 saturated carbocycles. The molecule has 180 valence electrons. The predicted octanol–water partition coefficient (Wildman–Crippen LogP) is 2.35. The number of piperazine rings is 1. The molecule has 0 aliphatic carbocycles. The van der Waals surface area contributed by atoms with E-state index >= 15 is 0 Å². The van der Waals surface area contributed by atoms with Crippen LogP contribution in [0.5, 0.6) is 0 Å².